The van der Waals surface area contributed by atoms with Crippen molar-refractivity contribution in [3.05, 3.63) is 59.4 Å². The van der Waals surface area contributed by atoms with Crippen molar-refractivity contribution in [2.75, 3.05) is 19.7 Å². The fraction of sp³-hybridized carbons (Fsp3) is 0.400. The summed E-state index contributed by atoms with van der Waals surface area (Å²) in [4.78, 5) is 18.6. The van der Waals surface area contributed by atoms with Crippen molar-refractivity contribution >= 4 is 5.91 Å². The highest BCUT2D eigenvalue weighted by atomic mass is 16.5. The van der Waals surface area contributed by atoms with E-state index in [0.29, 0.717) is 18.7 Å². The number of aliphatic hydroxyl groups is 1. The number of rotatable bonds is 3. The summed E-state index contributed by atoms with van der Waals surface area (Å²) in [5.74, 6) is 0.941. The predicted molar refractivity (Wildman–Crippen MR) is 93.6 cm³/mol. The van der Waals surface area contributed by atoms with Gasteiger partial charge < -0.3 is 14.7 Å². The van der Waals surface area contributed by atoms with Crippen LogP contribution in [-0.2, 0) is 12.8 Å². The second-order valence-corrected chi connectivity index (χ2v) is 6.87. The number of aryl methyl sites for hydroxylation is 1. The highest BCUT2D eigenvalue weighted by molar-refractivity contribution is 5.95. The van der Waals surface area contributed by atoms with Gasteiger partial charge in [0.25, 0.3) is 5.91 Å². The van der Waals surface area contributed by atoms with Crippen molar-refractivity contribution in [3.63, 3.8) is 0 Å². The molecule has 0 aliphatic carbocycles. The molecule has 0 spiro atoms. The molecule has 2 aliphatic rings. The summed E-state index contributed by atoms with van der Waals surface area (Å²) >= 11 is 0. The molecule has 2 aliphatic heterocycles. The molecule has 0 saturated carbocycles. The van der Waals surface area contributed by atoms with Gasteiger partial charge >= 0.3 is 0 Å². The summed E-state index contributed by atoms with van der Waals surface area (Å²) < 4.78 is 5.61. The molecular weight excluding hydrogens is 316 g/mol. The Morgan fingerprint density at radius 2 is 2.08 bits per heavy atom. The maximum absolute atomic E-state index is 12.8. The molecule has 5 nitrogen and oxygen atoms in total. The standard InChI is InChI=1S/C20H22N2O3/c23-18-13-22(12-17(18)10-14-5-7-21-8-6-14)20(24)16-3-4-19-15(11-16)2-1-9-25-19/h3-8,11,17-18,23H,1-2,9-10,12-13H2. The Bertz CT molecular complexity index is 763. The van der Waals surface area contributed by atoms with Crippen molar-refractivity contribution < 1.29 is 14.6 Å². The van der Waals surface area contributed by atoms with Crippen molar-refractivity contribution in [2.24, 2.45) is 5.92 Å². The smallest absolute Gasteiger partial charge is 0.253 e. The van der Waals surface area contributed by atoms with E-state index >= 15 is 0 Å². The maximum Gasteiger partial charge on any atom is 0.253 e. The lowest BCUT2D eigenvalue weighted by molar-refractivity contribution is 0.0764. The Balaban J connectivity index is 1.46. The number of fused-ring (bicyclic) bond motifs is 1. The van der Waals surface area contributed by atoms with E-state index in [4.69, 9.17) is 4.74 Å². The molecule has 2 aromatic rings. The summed E-state index contributed by atoms with van der Waals surface area (Å²) in [7, 11) is 0. The molecule has 5 heteroatoms. The number of benzene rings is 1. The summed E-state index contributed by atoms with van der Waals surface area (Å²) in [6.07, 6.45) is 5.72. The first-order valence-corrected chi connectivity index (χ1v) is 8.82. The average Bonchev–Trinajstić information content (AvgIpc) is 3.02. The van der Waals surface area contributed by atoms with E-state index in [1.807, 2.05) is 30.3 Å². The van der Waals surface area contributed by atoms with Gasteiger partial charge in [0.15, 0.2) is 0 Å². The van der Waals surface area contributed by atoms with E-state index in [1.54, 1.807) is 17.3 Å². The molecule has 2 unspecified atom stereocenters. The van der Waals surface area contributed by atoms with Crippen LogP contribution in [0, 0.1) is 5.92 Å². The van der Waals surface area contributed by atoms with Gasteiger partial charge in [0.1, 0.15) is 5.75 Å². The van der Waals surface area contributed by atoms with Crippen molar-refractivity contribution in [2.45, 2.75) is 25.4 Å². The van der Waals surface area contributed by atoms with Crippen LogP contribution in [0.5, 0.6) is 5.75 Å². The molecule has 1 aromatic heterocycles. The molecule has 1 fully saturated rings. The number of hydrogen-bond donors (Lipinski definition) is 1. The Morgan fingerprint density at radius 1 is 1.24 bits per heavy atom. The molecule has 1 amide bonds. The highest BCUT2D eigenvalue weighted by Crippen LogP contribution is 2.28. The van der Waals surface area contributed by atoms with Gasteiger partial charge in [-0.25, -0.2) is 0 Å². The molecule has 1 N–H and O–H groups in total. The van der Waals surface area contributed by atoms with Gasteiger partial charge in [0.2, 0.25) is 0 Å². The Kier molecular flexibility index (Phi) is 4.40. The number of carbonyl (C=O) groups excluding carboxylic acids is 1. The molecule has 1 saturated heterocycles. The topological polar surface area (TPSA) is 62.7 Å². The molecule has 4 rings (SSSR count). The number of likely N-dealkylation sites (tertiary alicyclic amines) is 1. The summed E-state index contributed by atoms with van der Waals surface area (Å²) in [5, 5.41) is 10.4. The van der Waals surface area contributed by atoms with Gasteiger partial charge in [-0.05, 0) is 60.7 Å². The Morgan fingerprint density at radius 3 is 2.92 bits per heavy atom. The van der Waals surface area contributed by atoms with Crippen LogP contribution >= 0.6 is 0 Å². The summed E-state index contributed by atoms with van der Waals surface area (Å²) in [5.41, 5.74) is 2.92. The van der Waals surface area contributed by atoms with Crippen molar-refractivity contribution in [3.8, 4) is 5.75 Å². The monoisotopic (exact) mass is 338 g/mol. The SMILES string of the molecule is O=C(c1ccc2c(c1)CCCO2)N1CC(O)C(Cc2ccncc2)C1. The summed E-state index contributed by atoms with van der Waals surface area (Å²) in [6, 6.07) is 9.58. The molecular formula is C20H22N2O3. The molecule has 25 heavy (non-hydrogen) atoms. The van der Waals surface area contributed by atoms with Crippen LogP contribution in [0.4, 0.5) is 0 Å². The fourth-order valence-electron chi connectivity index (χ4n) is 3.72. The molecule has 0 radical (unpaired) electrons. The van der Waals surface area contributed by atoms with Gasteiger partial charge in [-0.1, -0.05) is 0 Å². The second kappa shape index (κ2) is 6.84. The number of ether oxygens (including phenoxy) is 1. The lowest BCUT2D eigenvalue weighted by Gasteiger charge is -2.20. The fourth-order valence-corrected chi connectivity index (χ4v) is 3.72. The normalized spacial score (nSPS) is 22.4. The minimum atomic E-state index is -0.488. The molecule has 1 aromatic carbocycles. The molecule has 3 heterocycles. The zero-order valence-electron chi connectivity index (χ0n) is 14.1. The number of aliphatic hydroxyl groups excluding tert-OH is 1. The first kappa shape index (κ1) is 16.1. The van der Waals surface area contributed by atoms with Crippen LogP contribution in [0.25, 0.3) is 0 Å². The second-order valence-electron chi connectivity index (χ2n) is 6.87. The Labute approximate surface area is 147 Å². The van der Waals surface area contributed by atoms with E-state index in [0.717, 1.165) is 42.7 Å². The minimum Gasteiger partial charge on any atom is -0.493 e. The lowest BCUT2D eigenvalue weighted by atomic mass is 9.97. The third-order valence-electron chi connectivity index (χ3n) is 5.10. The van der Waals surface area contributed by atoms with Crippen LogP contribution in [-0.4, -0.2) is 46.7 Å². The number of hydrogen-bond acceptors (Lipinski definition) is 4. The average molecular weight is 338 g/mol. The third kappa shape index (κ3) is 3.37. The van der Waals surface area contributed by atoms with E-state index < -0.39 is 6.10 Å². The van der Waals surface area contributed by atoms with Crippen LogP contribution in [0.15, 0.2) is 42.7 Å². The van der Waals surface area contributed by atoms with Gasteiger partial charge in [0.05, 0.1) is 12.7 Å². The third-order valence-corrected chi connectivity index (χ3v) is 5.10. The minimum absolute atomic E-state index is 0.00958. The van der Waals surface area contributed by atoms with E-state index in [1.165, 1.54) is 0 Å². The molecule has 130 valence electrons. The number of pyridine rings is 1. The first-order chi connectivity index (χ1) is 12.2. The van der Waals surface area contributed by atoms with Crippen LogP contribution in [0.2, 0.25) is 0 Å². The van der Waals surface area contributed by atoms with Gasteiger partial charge in [-0.15, -0.1) is 0 Å². The predicted octanol–water partition coefficient (Wildman–Crippen LogP) is 2.08. The number of aromatic nitrogens is 1. The zero-order valence-corrected chi connectivity index (χ0v) is 14.1. The maximum atomic E-state index is 12.8. The summed E-state index contributed by atoms with van der Waals surface area (Å²) in [6.45, 7) is 1.72. The largest absolute Gasteiger partial charge is 0.493 e. The molecule has 0 bridgehead atoms. The quantitative estimate of drug-likeness (QED) is 0.931. The highest BCUT2D eigenvalue weighted by Gasteiger charge is 2.34. The van der Waals surface area contributed by atoms with Crippen LogP contribution < -0.4 is 4.74 Å². The zero-order chi connectivity index (χ0) is 17.2. The van der Waals surface area contributed by atoms with Gasteiger partial charge in [-0.2, -0.15) is 0 Å². The van der Waals surface area contributed by atoms with E-state index in [-0.39, 0.29) is 11.8 Å². The Hall–Kier alpha value is -2.40. The number of carbonyl (C=O) groups is 1. The lowest BCUT2D eigenvalue weighted by Crippen LogP contribution is -2.29. The molecule has 2 atom stereocenters. The number of amides is 1. The number of nitrogens with zero attached hydrogens (tertiary/aromatic N) is 2. The van der Waals surface area contributed by atoms with Crippen molar-refractivity contribution in [1.82, 2.24) is 9.88 Å². The van der Waals surface area contributed by atoms with Gasteiger partial charge in [0, 0.05) is 37.0 Å². The van der Waals surface area contributed by atoms with Crippen LogP contribution in [0.3, 0.4) is 0 Å². The number of β-amino-alcohol motifs (C(OH)–C–C–N with tert-alkyl or cyclic N) is 1. The van der Waals surface area contributed by atoms with Crippen molar-refractivity contribution in [1.29, 1.82) is 0 Å². The van der Waals surface area contributed by atoms with Gasteiger partial charge in [-0.3, -0.25) is 9.78 Å². The van der Waals surface area contributed by atoms with E-state index in [9.17, 15) is 9.90 Å². The van der Waals surface area contributed by atoms with Crippen LogP contribution in [0.1, 0.15) is 27.9 Å². The first-order valence-electron chi connectivity index (χ1n) is 8.82. The van der Waals surface area contributed by atoms with E-state index in [2.05, 4.69) is 4.98 Å².